The summed E-state index contributed by atoms with van der Waals surface area (Å²) in [6, 6.07) is 5.16. The summed E-state index contributed by atoms with van der Waals surface area (Å²) in [6.45, 7) is 0.499. The van der Waals surface area contributed by atoms with Crippen molar-refractivity contribution >= 4 is 33.6 Å². The molecule has 0 fully saturated rings. The van der Waals surface area contributed by atoms with Gasteiger partial charge in [0.1, 0.15) is 12.4 Å². The summed E-state index contributed by atoms with van der Waals surface area (Å²) in [6.07, 6.45) is -1.06. The number of amides is 1. The van der Waals surface area contributed by atoms with E-state index in [2.05, 4.69) is 21.2 Å². The first-order valence-corrected chi connectivity index (χ1v) is 5.31. The number of halogens is 2. The maximum Gasteiger partial charge on any atom is 0.404 e. The van der Waals surface area contributed by atoms with Gasteiger partial charge in [-0.05, 0) is 18.2 Å². The first-order valence-electron chi connectivity index (χ1n) is 4.13. The molecule has 0 saturated heterocycles. The van der Waals surface area contributed by atoms with Crippen molar-refractivity contribution in [3.05, 3.63) is 27.7 Å². The zero-order chi connectivity index (χ0) is 11.3. The molecule has 4 nitrogen and oxygen atoms in total. The van der Waals surface area contributed by atoms with Crippen LogP contribution in [0, 0.1) is 0 Å². The smallest absolute Gasteiger partial charge is 0.404 e. The fourth-order valence-corrected chi connectivity index (χ4v) is 1.77. The van der Waals surface area contributed by atoms with Gasteiger partial charge in [-0.15, -0.1) is 0 Å². The second-order valence-corrected chi connectivity index (χ2v) is 4.04. The average molecular weight is 295 g/mol. The quantitative estimate of drug-likeness (QED) is 0.840. The van der Waals surface area contributed by atoms with Crippen molar-refractivity contribution in [2.45, 2.75) is 0 Å². The summed E-state index contributed by atoms with van der Waals surface area (Å²) in [5, 5.41) is 11.1. The van der Waals surface area contributed by atoms with Crippen molar-refractivity contribution in [1.82, 2.24) is 5.32 Å². The van der Waals surface area contributed by atoms with Crippen LogP contribution in [0.15, 0.2) is 22.7 Å². The molecule has 1 aromatic carbocycles. The summed E-state index contributed by atoms with van der Waals surface area (Å²) in [5.41, 5.74) is 0. The van der Waals surface area contributed by atoms with E-state index in [0.717, 1.165) is 4.47 Å². The molecule has 0 aliphatic carbocycles. The Labute approximate surface area is 100 Å². The Morgan fingerprint density at radius 1 is 1.53 bits per heavy atom. The van der Waals surface area contributed by atoms with E-state index in [1.807, 2.05) is 0 Å². The fourth-order valence-electron chi connectivity index (χ4n) is 0.939. The molecule has 1 aromatic rings. The highest BCUT2D eigenvalue weighted by Crippen LogP contribution is 2.24. The van der Waals surface area contributed by atoms with Gasteiger partial charge >= 0.3 is 6.09 Å². The zero-order valence-electron chi connectivity index (χ0n) is 7.67. The normalized spacial score (nSPS) is 9.73. The lowest BCUT2D eigenvalue weighted by molar-refractivity contribution is 0.191. The Bertz CT molecular complexity index is 339. The molecule has 0 bridgehead atoms. The van der Waals surface area contributed by atoms with Crippen LogP contribution in [0.1, 0.15) is 0 Å². The van der Waals surface area contributed by atoms with Crippen LogP contribution in [0.2, 0.25) is 5.02 Å². The molecule has 0 aromatic heterocycles. The van der Waals surface area contributed by atoms with Crippen LogP contribution in [0.25, 0.3) is 0 Å². The molecule has 1 amide bonds. The molecule has 2 N–H and O–H groups in total. The molecular weight excluding hydrogens is 285 g/mol. The molecule has 0 unspecified atom stereocenters. The van der Waals surface area contributed by atoms with Crippen molar-refractivity contribution in [2.24, 2.45) is 0 Å². The van der Waals surface area contributed by atoms with Crippen molar-refractivity contribution in [3.63, 3.8) is 0 Å². The molecule has 0 spiro atoms. The number of nitrogens with one attached hydrogen (secondary N) is 1. The standard InChI is InChI=1S/C9H9BrClNO3/c10-6-3-7(11)5-8(4-6)15-2-1-12-9(13)14/h3-5,12H,1-2H2,(H,13,14). The predicted molar refractivity (Wildman–Crippen MR) is 60.7 cm³/mol. The highest BCUT2D eigenvalue weighted by atomic mass is 79.9. The molecule has 82 valence electrons. The van der Waals surface area contributed by atoms with Gasteiger partial charge in [0.25, 0.3) is 0 Å². The van der Waals surface area contributed by atoms with Gasteiger partial charge in [-0.25, -0.2) is 4.79 Å². The van der Waals surface area contributed by atoms with Crippen LogP contribution in [0.3, 0.4) is 0 Å². The zero-order valence-corrected chi connectivity index (χ0v) is 10.0. The van der Waals surface area contributed by atoms with Crippen molar-refractivity contribution in [2.75, 3.05) is 13.2 Å². The Hall–Kier alpha value is -0.940. The summed E-state index contributed by atoms with van der Waals surface area (Å²) in [5.74, 6) is 0.599. The molecule has 0 atom stereocenters. The van der Waals surface area contributed by atoms with Gasteiger partial charge in [-0.3, -0.25) is 0 Å². The topological polar surface area (TPSA) is 58.6 Å². The number of carbonyl (C=O) groups is 1. The van der Waals surface area contributed by atoms with Gasteiger partial charge in [-0.2, -0.15) is 0 Å². The van der Waals surface area contributed by atoms with E-state index in [-0.39, 0.29) is 13.2 Å². The number of benzene rings is 1. The molecule has 0 heterocycles. The lowest BCUT2D eigenvalue weighted by Gasteiger charge is -2.06. The Morgan fingerprint density at radius 3 is 2.87 bits per heavy atom. The van der Waals surface area contributed by atoms with E-state index in [1.165, 1.54) is 0 Å². The minimum absolute atomic E-state index is 0.236. The van der Waals surface area contributed by atoms with Crippen LogP contribution < -0.4 is 10.1 Å². The third-order valence-corrected chi connectivity index (χ3v) is 2.16. The largest absolute Gasteiger partial charge is 0.492 e. The lowest BCUT2D eigenvalue weighted by Crippen LogP contribution is -2.26. The van der Waals surface area contributed by atoms with Crippen LogP contribution in [0.4, 0.5) is 4.79 Å². The third-order valence-electron chi connectivity index (χ3n) is 1.48. The van der Waals surface area contributed by atoms with Gasteiger partial charge in [0.2, 0.25) is 0 Å². The second-order valence-electron chi connectivity index (χ2n) is 2.69. The van der Waals surface area contributed by atoms with Gasteiger partial charge in [-0.1, -0.05) is 27.5 Å². The molecule has 0 aliphatic rings. The van der Waals surface area contributed by atoms with E-state index >= 15 is 0 Å². The van der Waals surface area contributed by atoms with Gasteiger partial charge in [0, 0.05) is 9.50 Å². The Morgan fingerprint density at radius 2 is 2.27 bits per heavy atom. The van der Waals surface area contributed by atoms with Gasteiger partial charge < -0.3 is 15.2 Å². The minimum atomic E-state index is -1.06. The Balaban J connectivity index is 2.40. The molecule has 1 rings (SSSR count). The molecular formula is C9H9BrClNO3. The van der Waals surface area contributed by atoms with E-state index < -0.39 is 6.09 Å². The summed E-state index contributed by atoms with van der Waals surface area (Å²) < 4.78 is 6.09. The molecule has 6 heteroatoms. The average Bonchev–Trinajstić information content (AvgIpc) is 2.10. The first-order chi connectivity index (χ1) is 7.08. The predicted octanol–water partition coefficient (Wildman–Crippen LogP) is 2.75. The fraction of sp³-hybridized carbons (Fsp3) is 0.222. The SMILES string of the molecule is O=C(O)NCCOc1cc(Cl)cc(Br)c1. The van der Waals surface area contributed by atoms with Gasteiger partial charge in [0.15, 0.2) is 0 Å². The summed E-state index contributed by atoms with van der Waals surface area (Å²) in [7, 11) is 0. The van der Waals surface area contributed by atoms with Crippen LogP contribution >= 0.6 is 27.5 Å². The molecule has 0 saturated carbocycles. The molecule has 0 aliphatic heterocycles. The second kappa shape index (κ2) is 5.82. The highest BCUT2D eigenvalue weighted by molar-refractivity contribution is 9.10. The first kappa shape index (κ1) is 12.1. The highest BCUT2D eigenvalue weighted by Gasteiger charge is 1.99. The van der Waals surface area contributed by atoms with Crippen molar-refractivity contribution in [3.8, 4) is 5.75 Å². The monoisotopic (exact) mass is 293 g/mol. The lowest BCUT2D eigenvalue weighted by atomic mass is 10.3. The number of carboxylic acid groups (broad SMARTS) is 1. The number of hydrogen-bond donors (Lipinski definition) is 2. The minimum Gasteiger partial charge on any atom is -0.492 e. The van der Waals surface area contributed by atoms with E-state index in [1.54, 1.807) is 18.2 Å². The van der Waals surface area contributed by atoms with Crippen molar-refractivity contribution in [1.29, 1.82) is 0 Å². The van der Waals surface area contributed by atoms with Crippen LogP contribution in [0.5, 0.6) is 5.75 Å². The van der Waals surface area contributed by atoms with Crippen molar-refractivity contribution < 1.29 is 14.6 Å². The third kappa shape index (κ3) is 4.90. The maximum absolute atomic E-state index is 10.1. The van der Waals surface area contributed by atoms with Gasteiger partial charge in [0.05, 0.1) is 6.54 Å². The van der Waals surface area contributed by atoms with E-state index in [9.17, 15) is 4.79 Å². The number of ether oxygens (including phenoxy) is 1. The van der Waals surface area contributed by atoms with Crippen LogP contribution in [-0.4, -0.2) is 24.4 Å². The Kier molecular flexibility index (Phi) is 4.71. The molecule has 0 radical (unpaired) electrons. The van der Waals surface area contributed by atoms with E-state index in [4.69, 9.17) is 21.4 Å². The van der Waals surface area contributed by atoms with E-state index in [0.29, 0.717) is 10.8 Å². The molecule has 15 heavy (non-hydrogen) atoms. The summed E-state index contributed by atoms with van der Waals surface area (Å²) >= 11 is 9.06. The number of hydrogen-bond acceptors (Lipinski definition) is 2. The number of rotatable bonds is 4. The summed E-state index contributed by atoms with van der Waals surface area (Å²) in [4.78, 5) is 10.1. The maximum atomic E-state index is 10.1. The van der Waals surface area contributed by atoms with Crippen LogP contribution in [-0.2, 0) is 0 Å².